The maximum atomic E-state index is 10.0. The van der Waals surface area contributed by atoms with Crippen molar-refractivity contribution in [2.75, 3.05) is 5.32 Å². The summed E-state index contributed by atoms with van der Waals surface area (Å²) in [5.74, 6) is 0.345. The number of aryl methyl sites for hydroxylation is 4. The molecule has 0 aliphatic rings. The van der Waals surface area contributed by atoms with Crippen LogP contribution in [0, 0.1) is 27.7 Å². The van der Waals surface area contributed by atoms with Crippen LogP contribution in [0.2, 0.25) is 0 Å². The summed E-state index contributed by atoms with van der Waals surface area (Å²) in [7, 11) is 0. The maximum absolute atomic E-state index is 10.0. The molecule has 106 valence electrons. The highest BCUT2D eigenvalue weighted by atomic mass is 16.3. The third-order valence-electron chi connectivity index (χ3n) is 3.69. The van der Waals surface area contributed by atoms with Gasteiger partial charge in [0.2, 0.25) is 0 Å². The van der Waals surface area contributed by atoms with Crippen LogP contribution in [0.5, 0.6) is 5.75 Å². The number of phenols is 1. The molecule has 2 heteroatoms. The Morgan fingerprint density at radius 2 is 1.50 bits per heavy atom. The largest absolute Gasteiger partial charge is 0.508 e. The lowest BCUT2D eigenvalue weighted by Gasteiger charge is -2.21. The van der Waals surface area contributed by atoms with Gasteiger partial charge in [-0.15, -0.1) is 0 Å². The second-order valence-electron chi connectivity index (χ2n) is 5.70. The molecule has 0 amide bonds. The molecule has 1 unspecified atom stereocenters. The Bertz CT molecular complexity index is 608. The number of rotatable bonds is 3. The minimum Gasteiger partial charge on any atom is -0.508 e. The van der Waals surface area contributed by atoms with Gasteiger partial charge in [-0.05, 0) is 51.8 Å². The molecule has 0 spiro atoms. The first-order valence-corrected chi connectivity index (χ1v) is 7.02. The Morgan fingerprint density at radius 3 is 2.10 bits per heavy atom. The number of nitrogens with one attached hydrogen (secondary N) is 1. The monoisotopic (exact) mass is 269 g/mol. The lowest BCUT2D eigenvalue weighted by Crippen LogP contribution is -2.09. The van der Waals surface area contributed by atoms with Crippen molar-refractivity contribution in [2.45, 2.75) is 40.7 Å². The number of anilines is 1. The zero-order valence-electron chi connectivity index (χ0n) is 12.9. The summed E-state index contributed by atoms with van der Waals surface area (Å²) in [6.45, 7) is 10.5. The van der Waals surface area contributed by atoms with Crippen LogP contribution in [0.25, 0.3) is 0 Å². The van der Waals surface area contributed by atoms with Gasteiger partial charge in [0.05, 0.1) is 6.04 Å². The van der Waals surface area contributed by atoms with Gasteiger partial charge in [-0.2, -0.15) is 0 Å². The minimum absolute atomic E-state index is 0.0648. The van der Waals surface area contributed by atoms with Gasteiger partial charge in [0.25, 0.3) is 0 Å². The van der Waals surface area contributed by atoms with Gasteiger partial charge in [0.15, 0.2) is 0 Å². The van der Waals surface area contributed by atoms with Crippen LogP contribution < -0.4 is 5.32 Å². The molecule has 20 heavy (non-hydrogen) atoms. The van der Waals surface area contributed by atoms with E-state index in [9.17, 15) is 5.11 Å². The first-order valence-electron chi connectivity index (χ1n) is 7.02. The van der Waals surface area contributed by atoms with Crippen molar-refractivity contribution < 1.29 is 5.11 Å². The average molecular weight is 269 g/mol. The Balaban J connectivity index is 2.32. The lowest BCUT2D eigenvalue weighted by molar-refractivity contribution is 0.465. The van der Waals surface area contributed by atoms with Crippen LogP contribution >= 0.6 is 0 Å². The fourth-order valence-corrected chi connectivity index (χ4v) is 2.72. The quantitative estimate of drug-likeness (QED) is 0.839. The minimum atomic E-state index is 0.0648. The first kappa shape index (κ1) is 14.4. The van der Waals surface area contributed by atoms with E-state index in [-0.39, 0.29) is 6.04 Å². The molecular weight excluding hydrogens is 246 g/mol. The number of aromatic hydroxyl groups is 1. The standard InChI is InChI=1S/C18H23NO/c1-11-6-7-17(20)16(10-11)15(5)19-18-13(3)8-12(2)9-14(18)4/h6-10,15,19-20H,1-5H3. The highest BCUT2D eigenvalue weighted by Gasteiger charge is 2.13. The Morgan fingerprint density at radius 1 is 0.900 bits per heavy atom. The molecule has 2 nitrogen and oxygen atoms in total. The molecule has 0 saturated heterocycles. The van der Waals surface area contributed by atoms with Gasteiger partial charge >= 0.3 is 0 Å². The molecule has 0 aliphatic carbocycles. The van der Waals surface area contributed by atoms with Gasteiger partial charge in [-0.25, -0.2) is 0 Å². The fourth-order valence-electron chi connectivity index (χ4n) is 2.72. The van der Waals surface area contributed by atoms with Crippen molar-refractivity contribution in [3.8, 4) is 5.75 Å². The van der Waals surface area contributed by atoms with E-state index in [1.807, 2.05) is 19.1 Å². The van der Waals surface area contributed by atoms with Crippen molar-refractivity contribution in [3.05, 3.63) is 58.1 Å². The van der Waals surface area contributed by atoms with E-state index in [1.165, 1.54) is 16.7 Å². The molecule has 0 aromatic heterocycles. The Kier molecular flexibility index (Phi) is 4.03. The molecule has 0 aliphatic heterocycles. The van der Waals surface area contributed by atoms with Crippen molar-refractivity contribution in [1.82, 2.24) is 0 Å². The maximum Gasteiger partial charge on any atom is 0.120 e. The number of hydrogen-bond acceptors (Lipinski definition) is 2. The Labute approximate surface area is 121 Å². The molecular formula is C18H23NO. The second kappa shape index (κ2) is 5.58. The molecule has 0 fully saturated rings. The van der Waals surface area contributed by atoms with Gasteiger partial charge in [-0.1, -0.05) is 35.4 Å². The number of hydrogen-bond donors (Lipinski definition) is 2. The van der Waals surface area contributed by atoms with E-state index < -0.39 is 0 Å². The summed E-state index contributed by atoms with van der Waals surface area (Å²) in [6, 6.07) is 10.1. The molecule has 0 saturated carbocycles. The summed E-state index contributed by atoms with van der Waals surface area (Å²) in [6.07, 6.45) is 0. The fraction of sp³-hybridized carbons (Fsp3) is 0.333. The van der Waals surface area contributed by atoms with Crippen molar-refractivity contribution >= 4 is 5.69 Å². The van der Waals surface area contributed by atoms with E-state index in [0.29, 0.717) is 5.75 Å². The van der Waals surface area contributed by atoms with Gasteiger partial charge in [0.1, 0.15) is 5.75 Å². The van der Waals surface area contributed by atoms with Crippen molar-refractivity contribution in [1.29, 1.82) is 0 Å². The topological polar surface area (TPSA) is 32.3 Å². The summed E-state index contributed by atoms with van der Waals surface area (Å²) in [4.78, 5) is 0. The predicted octanol–water partition coefficient (Wildman–Crippen LogP) is 4.80. The highest BCUT2D eigenvalue weighted by Crippen LogP contribution is 2.30. The van der Waals surface area contributed by atoms with Gasteiger partial charge in [-0.3, -0.25) is 0 Å². The summed E-state index contributed by atoms with van der Waals surface area (Å²) >= 11 is 0. The molecule has 1 atom stereocenters. The highest BCUT2D eigenvalue weighted by molar-refractivity contribution is 5.59. The molecule has 0 heterocycles. The summed E-state index contributed by atoms with van der Waals surface area (Å²) in [5, 5.41) is 13.6. The molecule has 2 aromatic carbocycles. The van der Waals surface area contributed by atoms with Crippen LogP contribution in [0.4, 0.5) is 5.69 Å². The zero-order chi connectivity index (χ0) is 14.9. The average Bonchev–Trinajstić information content (AvgIpc) is 2.36. The van der Waals surface area contributed by atoms with Crippen molar-refractivity contribution in [3.63, 3.8) is 0 Å². The van der Waals surface area contributed by atoms with E-state index in [2.05, 4.69) is 45.1 Å². The normalized spacial score (nSPS) is 12.2. The van der Waals surface area contributed by atoms with E-state index >= 15 is 0 Å². The SMILES string of the molecule is Cc1cc(C)c(NC(C)c2cc(C)ccc2O)c(C)c1. The van der Waals surface area contributed by atoms with Gasteiger partial charge < -0.3 is 10.4 Å². The molecule has 0 radical (unpaired) electrons. The van der Waals surface area contributed by atoms with E-state index in [1.54, 1.807) is 6.07 Å². The van der Waals surface area contributed by atoms with Crippen LogP contribution in [-0.4, -0.2) is 5.11 Å². The molecule has 2 rings (SSSR count). The summed E-state index contributed by atoms with van der Waals surface area (Å²) in [5.41, 5.74) is 7.00. The van der Waals surface area contributed by atoms with Crippen molar-refractivity contribution in [2.24, 2.45) is 0 Å². The number of phenolic OH excluding ortho intramolecular Hbond substituents is 1. The Hall–Kier alpha value is -1.96. The first-order chi connectivity index (χ1) is 9.38. The predicted molar refractivity (Wildman–Crippen MR) is 85.5 cm³/mol. The van der Waals surface area contributed by atoms with Gasteiger partial charge in [0, 0.05) is 11.3 Å². The zero-order valence-corrected chi connectivity index (χ0v) is 12.9. The van der Waals surface area contributed by atoms with Crippen LogP contribution in [0.1, 0.15) is 40.8 Å². The number of benzene rings is 2. The third-order valence-corrected chi connectivity index (χ3v) is 3.69. The smallest absolute Gasteiger partial charge is 0.120 e. The lowest BCUT2D eigenvalue weighted by atomic mass is 10.0. The van der Waals surface area contributed by atoms with Crippen LogP contribution in [0.3, 0.4) is 0 Å². The summed E-state index contributed by atoms with van der Waals surface area (Å²) < 4.78 is 0. The molecule has 2 aromatic rings. The molecule has 2 N–H and O–H groups in total. The molecule has 0 bridgehead atoms. The van der Waals surface area contributed by atoms with Crippen LogP contribution in [-0.2, 0) is 0 Å². The van der Waals surface area contributed by atoms with Crippen LogP contribution in [0.15, 0.2) is 30.3 Å². The third kappa shape index (κ3) is 2.96. The van der Waals surface area contributed by atoms with E-state index in [0.717, 1.165) is 16.8 Å². The second-order valence-corrected chi connectivity index (χ2v) is 5.70. The van der Waals surface area contributed by atoms with E-state index in [4.69, 9.17) is 0 Å².